The second-order valence-electron chi connectivity index (χ2n) is 4.36. The molecule has 2 rings (SSSR count). The van der Waals surface area contributed by atoms with E-state index >= 15 is 0 Å². The number of nitrogens with two attached hydrogens (primary N) is 1. The van der Waals surface area contributed by atoms with Crippen LogP contribution in [0.2, 0.25) is 0 Å². The van der Waals surface area contributed by atoms with Crippen LogP contribution in [0.4, 0.5) is 0 Å². The molecule has 0 radical (unpaired) electrons. The van der Waals surface area contributed by atoms with Crippen molar-refractivity contribution in [1.82, 2.24) is 0 Å². The molecule has 1 aliphatic carbocycles. The first kappa shape index (κ1) is 11.0. The Balaban J connectivity index is 1.85. The number of benzene rings is 1. The molecule has 1 aromatic rings. The zero-order chi connectivity index (χ0) is 10.7. The maximum absolute atomic E-state index is 6.18. The van der Waals surface area contributed by atoms with Crippen LogP contribution in [0, 0.1) is 5.92 Å². The molecular formula is C13H19NS. The van der Waals surface area contributed by atoms with Gasteiger partial charge in [-0.3, -0.25) is 0 Å². The molecule has 0 aliphatic heterocycles. The SMILES string of the molecule is CSCCC(N)C1CC1c1ccccc1. The number of hydrogen-bond acceptors (Lipinski definition) is 2. The van der Waals surface area contributed by atoms with E-state index in [0.29, 0.717) is 6.04 Å². The van der Waals surface area contributed by atoms with Gasteiger partial charge in [0.05, 0.1) is 0 Å². The van der Waals surface area contributed by atoms with E-state index in [2.05, 4.69) is 36.6 Å². The van der Waals surface area contributed by atoms with E-state index < -0.39 is 0 Å². The second kappa shape index (κ2) is 5.04. The number of thioether (sulfide) groups is 1. The Kier molecular flexibility index (Phi) is 3.71. The molecule has 2 N–H and O–H groups in total. The third kappa shape index (κ3) is 2.76. The fourth-order valence-electron chi connectivity index (χ4n) is 2.24. The lowest BCUT2D eigenvalue weighted by Gasteiger charge is -2.10. The van der Waals surface area contributed by atoms with Crippen molar-refractivity contribution < 1.29 is 0 Å². The smallest absolute Gasteiger partial charge is 0.00810 e. The standard InChI is InChI=1S/C13H19NS/c1-15-8-7-13(14)12-9-11(12)10-5-3-2-4-6-10/h2-6,11-13H,7-9,14H2,1H3. The molecule has 1 aliphatic rings. The molecule has 1 fully saturated rings. The zero-order valence-corrected chi connectivity index (χ0v) is 10.0. The first-order chi connectivity index (χ1) is 7.33. The van der Waals surface area contributed by atoms with Crippen molar-refractivity contribution in [3.05, 3.63) is 35.9 Å². The predicted octanol–water partition coefficient (Wildman–Crippen LogP) is 2.87. The van der Waals surface area contributed by atoms with Crippen LogP contribution in [0.3, 0.4) is 0 Å². The molecule has 1 nitrogen and oxygen atoms in total. The summed E-state index contributed by atoms with van der Waals surface area (Å²) in [5, 5.41) is 0. The van der Waals surface area contributed by atoms with Crippen molar-refractivity contribution in [1.29, 1.82) is 0 Å². The summed E-state index contributed by atoms with van der Waals surface area (Å²) < 4.78 is 0. The van der Waals surface area contributed by atoms with Gasteiger partial charge in [-0.1, -0.05) is 30.3 Å². The third-order valence-electron chi connectivity index (χ3n) is 3.27. The highest BCUT2D eigenvalue weighted by molar-refractivity contribution is 7.98. The molecule has 1 saturated carbocycles. The minimum atomic E-state index is 0.405. The Morgan fingerprint density at radius 3 is 2.80 bits per heavy atom. The number of rotatable bonds is 5. The normalized spacial score (nSPS) is 26.3. The van der Waals surface area contributed by atoms with Crippen LogP contribution in [0.1, 0.15) is 24.3 Å². The van der Waals surface area contributed by atoms with Gasteiger partial charge in [-0.15, -0.1) is 0 Å². The lowest BCUT2D eigenvalue weighted by Crippen LogP contribution is -2.23. The molecule has 0 amide bonds. The minimum absolute atomic E-state index is 0.405. The molecule has 3 atom stereocenters. The van der Waals surface area contributed by atoms with E-state index in [1.54, 1.807) is 0 Å². The van der Waals surface area contributed by atoms with Gasteiger partial charge < -0.3 is 5.73 Å². The van der Waals surface area contributed by atoms with Crippen LogP contribution in [-0.2, 0) is 0 Å². The molecule has 3 unspecified atom stereocenters. The van der Waals surface area contributed by atoms with Gasteiger partial charge >= 0.3 is 0 Å². The van der Waals surface area contributed by atoms with Gasteiger partial charge in [-0.2, -0.15) is 11.8 Å². The molecule has 15 heavy (non-hydrogen) atoms. The lowest BCUT2D eigenvalue weighted by molar-refractivity contribution is 0.568. The molecular weight excluding hydrogens is 202 g/mol. The summed E-state index contributed by atoms with van der Waals surface area (Å²) in [5.74, 6) is 2.67. The Morgan fingerprint density at radius 1 is 1.40 bits per heavy atom. The van der Waals surface area contributed by atoms with Gasteiger partial charge in [0.25, 0.3) is 0 Å². The Hall–Kier alpha value is -0.470. The lowest BCUT2D eigenvalue weighted by atomic mass is 10.0. The molecule has 0 spiro atoms. The van der Waals surface area contributed by atoms with Crippen molar-refractivity contribution >= 4 is 11.8 Å². The third-order valence-corrected chi connectivity index (χ3v) is 3.92. The van der Waals surface area contributed by atoms with E-state index in [-0.39, 0.29) is 0 Å². The van der Waals surface area contributed by atoms with Crippen molar-refractivity contribution in [2.75, 3.05) is 12.0 Å². The van der Waals surface area contributed by atoms with Gasteiger partial charge in [0.2, 0.25) is 0 Å². The zero-order valence-electron chi connectivity index (χ0n) is 9.23. The fraction of sp³-hybridized carbons (Fsp3) is 0.538. The van der Waals surface area contributed by atoms with E-state index in [0.717, 1.165) is 18.3 Å². The first-order valence-corrected chi connectivity index (χ1v) is 7.01. The predicted molar refractivity (Wildman–Crippen MR) is 68.3 cm³/mol. The fourth-order valence-corrected chi connectivity index (χ4v) is 2.75. The van der Waals surface area contributed by atoms with Gasteiger partial charge in [0.1, 0.15) is 0 Å². The molecule has 2 heteroatoms. The summed E-state index contributed by atoms with van der Waals surface area (Å²) in [6, 6.07) is 11.2. The van der Waals surface area contributed by atoms with Crippen LogP contribution in [0.15, 0.2) is 30.3 Å². The van der Waals surface area contributed by atoms with Gasteiger partial charge in [0.15, 0.2) is 0 Å². The molecule has 0 bridgehead atoms. The van der Waals surface area contributed by atoms with E-state index in [1.165, 1.54) is 17.7 Å². The summed E-state index contributed by atoms with van der Waals surface area (Å²) in [5.41, 5.74) is 7.65. The minimum Gasteiger partial charge on any atom is -0.327 e. The van der Waals surface area contributed by atoms with E-state index in [4.69, 9.17) is 5.73 Å². The largest absolute Gasteiger partial charge is 0.327 e. The Labute approximate surface area is 96.4 Å². The van der Waals surface area contributed by atoms with Crippen molar-refractivity contribution in [2.24, 2.45) is 11.7 Å². The van der Waals surface area contributed by atoms with Crippen LogP contribution in [0.5, 0.6) is 0 Å². The molecule has 1 aromatic carbocycles. The molecule has 82 valence electrons. The highest BCUT2D eigenvalue weighted by Crippen LogP contribution is 2.49. The average Bonchev–Trinajstić information content (AvgIpc) is 3.07. The van der Waals surface area contributed by atoms with Crippen LogP contribution in [0.25, 0.3) is 0 Å². The quantitative estimate of drug-likeness (QED) is 0.827. The van der Waals surface area contributed by atoms with Crippen molar-refractivity contribution in [3.63, 3.8) is 0 Å². The first-order valence-electron chi connectivity index (χ1n) is 5.62. The summed E-state index contributed by atoms with van der Waals surface area (Å²) in [6.07, 6.45) is 4.60. The summed E-state index contributed by atoms with van der Waals surface area (Å²) in [6.45, 7) is 0. The monoisotopic (exact) mass is 221 g/mol. The number of hydrogen-bond donors (Lipinski definition) is 1. The molecule has 0 heterocycles. The van der Waals surface area contributed by atoms with Crippen LogP contribution >= 0.6 is 11.8 Å². The van der Waals surface area contributed by atoms with Gasteiger partial charge in [-0.05, 0) is 42.2 Å². The Bertz CT molecular complexity index is 299. The molecule has 0 aromatic heterocycles. The average molecular weight is 221 g/mol. The van der Waals surface area contributed by atoms with Crippen molar-refractivity contribution in [2.45, 2.75) is 24.8 Å². The maximum Gasteiger partial charge on any atom is 0.00810 e. The summed E-state index contributed by atoms with van der Waals surface area (Å²) >= 11 is 1.89. The van der Waals surface area contributed by atoms with E-state index in [9.17, 15) is 0 Å². The highest BCUT2D eigenvalue weighted by atomic mass is 32.2. The second-order valence-corrected chi connectivity index (χ2v) is 5.35. The maximum atomic E-state index is 6.18. The van der Waals surface area contributed by atoms with Gasteiger partial charge in [0, 0.05) is 6.04 Å². The van der Waals surface area contributed by atoms with E-state index in [1.807, 2.05) is 11.8 Å². The Morgan fingerprint density at radius 2 is 2.13 bits per heavy atom. The highest BCUT2D eigenvalue weighted by Gasteiger charge is 2.41. The summed E-state index contributed by atoms with van der Waals surface area (Å²) in [4.78, 5) is 0. The molecule has 0 saturated heterocycles. The van der Waals surface area contributed by atoms with Crippen LogP contribution < -0.4 is 5.73 Å². The van der Waals surface area contributed by atoms with Gasteiger partial charge in [-0.25, -0.2) is 0 Å². The summed E-state index contributed by atoms with van der Waals surface area (Å²) in [7, 11) is 0. The van der Waals surface area contributed by atoms with Crippen molar-refractivity contribution in [3.8, 4) is 0 Å². The topological polar surface area (TPSA) is 26.0 Å². The van der Waals surface area contributed by atoms with Crippen LogP contribution in [-0.4, -0.2) is 18.1 Å².